The van der Waals surface area contributed by atoms with Gasteiger partial charge in [-0.25, -0.2) is 0 Å². The minimum absolute atomic E-state index is 0. The molecule has 1 aromatic carbocycles. The summed E-state index contributed by atoms with van der Waals surface area (Å²) < 4.78 is 0. The molecule has 0 radical (unpaired) electrons. The third-order valence-corrected chi connectivity index (χ3v) is 2.59. The van der Waals surface area contributed by atoms with Crippen molar-refractivity contribution in [3.8, 4) is 0 Å². The molecule has 0 aromatic heterocycles. The van der Waals surface area contributed by atoms with Crippen molar-refractivity contribution in [2.45, 2.75) is 26.8 Å². The molecule has 0 spiro atoms. The number of benzene rings is 1. The molecule has 6 heteroatoms. The molecule has 0 aliphatic carbocycles. The Bertz CT molecular complexity index is 435. The van der Waals surface area contributed by atoms with Crippen molar-refractivity contribution >= 4 is 29.9 Å². The van der Waals surface area contributed by atoms with Crippen LogP contribution in [0.25, 0.3) is 0 Å². The molecule has 2 amide bonds. The van der Waals surface area contributed by atoms with Gasteiger partial charge in [0.2, 0.25) is 5.91 Å². The van der Waals surface area contributed by atoms with E-state index in [0.29, 0.717) is 17.8 Å². The van der Waals surface area contributed by atoms with Crippen molar-refractivity contribution in [1.29, 1.82) is 0 Å². The third kappa shape index (κ3) is 6.54. The first-order valence-electron chi connectivity index (χ1n) is 6.42. The van der Waals surface area contributed by atoms with Crippen LogP contribution in [0.3, 0.4) is 0 Å². The Morgan fingerprint density at radius 2 is 1.80 bits per heavy atom. The SMILES string of the molecule is CCN[C@H](C)CNC(=O)c1ccc(NC(C)=O)cc1.Cl. The van der Waals surface area contributed by atoms with Crippen LogP contribution in [0, 0.1) is 0 Å². The lowest BCUT2D eigenvalue weighted by atomic mass is 10.2. The molecular weight excluding hydrogens is 278 g/mol. The van der Waals surface area contributed by atoms with Crippen molar-refractivity contribution in [2.24, 2.45) is 0 Å². The highest BCUT2D eigenvalue weighted by Gasteiger charge is 2.07. The number of anilines is 1. The Kier molecular flexibility index (Phi) is 8.59. The summed E-state index contributed by atoms with van der Waals surface area (Å²) in [4.78, 5) is 22.7. The minimum atomic E-state index is -0.128. The van der Waals surface area contributed by atoms with E-state index in [1.807, 2.05) is 13.8 Å². The number of carbonyl (C=O) groups is 2. The maximum atomic E-state index is 11.9. The summed E-state index contributed by atoms with van der Waals surface area (Å²) in [5, 5.41) is 8.73. The summed E-state index contributed by atoms with van der Waals surface area (Å²) in [6.07, 6.45) is 0. The zero-order valence-corrected chi connectivity index (χ0v) is 12.8. The standard InChI is InChI=1S/C14H21N3O2.ClH/c1-4-15-10(2)9-16-14(19)12-5-7-13(8-6-12)17-11(3)18;/h5-8,10,15H,4,9H2,1-3H3,(H,16,19)(H,17,18);1H/t10-;/m1./s1. The summed E-state index contributed by atoms with van der Waals surface area (Å²) in [7, 11) is 0. The Morgan fingerprint density at radius 3 is 2.30 bits per heavy atom. The van der Waals surface area contributed by atoms with Crippen LogP contribution < -0.4 is 16.0 Å². The number of amides is 2. The molecule has 0 fully saturated rings. The molecule has 0 aliphatic heterocycles. The highest BCUT2D eigenvalue weighted by molar-refractivity contribution is 5.95. The number of hydrogen-bond donors (Lipinski definition) is 3. The van der Waals surface area contributed by atoms with E-state index in [0.717, 1.165) is 6.54 Å². The fourth-order valence-electron chi connectivity index (χ4n) is 1.68. The van der Waals surface area contributed by atoms with Crippen LogP contribution in [-0.4, -0.2) is 30.9 Å². The van der Waals surface area contributed by atoms with Crippen LogP contribution in [0.5, 0.6) is 0 Å². The predicted molar refractivity (Wildman–Crippen MR) is 83.5 cm³/mol. The molecule has 5 nitrogen and oxygen atoms in total. The Labute approximate surface area is 125 Å². The Morgan fingerprint density at radius 1 is 1.20 bits per heavy atom. The lowest BCUT2D eigenvalue weighted by Gasteiger charge is -2.13. The summed E-state index contributed by atoms with van der Waals surface area (Å²) in [6.45, 7) is 6.95. The van der Waals surface area contributed by atoms with Crippen molar-refractivity contribution in [2.75, 3.05) is 18.4 Å². The second-order valence-corrected chi connectivity index (χ2v) is 4.43. The van der Waals surface area contributed by atoms with Gasteiger partial charge < -0.3 is 16.0 Å². The number of rotatable bonds is 6. The Hall–Kier alpha value is -1.59. The summed E-state index contributed by atoms with van der Waals surface area (Å²) in [6, 6.07) is 7.05. The van der Waals surface area contributed by atoms with E-state index in [1.54, 1.807) is 24.3 Å². The molecule has 20 heavy (non-hydrogen) atoms. The van der Waals surface area contributed by atoms with Crippen molar-refractivity contribution in [1.82, 2.24) is 10.6 Å². The zero-order chi connectivity index (χ0) is 14.3. The second kappa shape index (κ2) is 9.34. The molecule has 0 saturated heterocycles. The van der Waals surface area contributed by atoms with Crippen LogP contribution in [-0.2, 0) is 4.79 Å². The highest BCUT2D eigenvalue weighted by Crippen LogP contribution is 2.09. The van der Waals surface area contributed by atoms with Gasteiger partial charge in [-0.2, -0.15) is 0 Å². The van der Waals surface area contributed by atoms with Gasteiger partial charge in [-0.05, 0) is 37.7 Å². The molecule has 0 saturated carbocycles. The van der Waals surface area contributed by atoms with Crippen LogP contribution in [0.4, 0.5) is 5.69 Å². The van der Waals surface area contributed by atoms with E-state index in [9.17, 15) is 9.59 Å². The molecule has 1 aromatic rings. The van der Waals surface area contributed by atoms with Gasteiger partial charge >= 0.3 is 0 Å². The first kappa shape index (κ1) is 18.4. The van der Waals surface area contributed by atoms with Crippen molar-refractivity contribution in [3.63, 3.8) is 0 Å². The smallest absolute Gasteiger partial charge is 0.251 e. The minimum Gasteiger partial charge on any atom is -0.350 e. The largest absolute Gasteiger partial charge is 0.350 e. The van der Waals surface area contributed by atoms with Crippen molar-refractivity contribution in [3.05, 3.63) is 29.8 Å². The molecule has 0 unspecified atom stereocenters. The number of halogens is 1. The van der Waals surface area contributed by atoms with E-state index in [1.165, 1.54) is 6.92 Å². The van der Waals surface area contributed by atoms with Gasteiger partial charge in [0, 0.05) is 30.8 Å². The van der Waals surface area contributed by atoms with Gasteiger partial charge in [0.15, 0.2) is 0 Å². The average molecular weight is 300 g/mol. The molecule has 0 heterocycles. The molecule has 1 rings (SSSR count). The summed E-state index contributed by atoms with van der Waals surface area (Å²) >= 11 is 0. The van der Waals surface area contributed by atoms with Gasteiger partial charge in [-0.15, -0.1) is 12.4 Å². The van der Waals surface area contributed by atoms with E-state index < -0.39 is 0 Å². The Balaban J connectivity index is 0.00000361. The number of likely N-dealkylation sites (N-methyl/N-ethyl adjacent to an activating group) is 1. The molecule has 112 valence electrons. The van der Waals surface area contributed by atoms with E-state index in [2.05, 4.69) is 16.0 Å². The van der Waals surface area contributed by atoms with Crippen LogP contribution in [0.1, 0.15) is 31.1 Å². The topological polar surface area (TPSA) is 70.2 Å². The lowest BCUT2D eigenvalue weighted by Crippen LogP contribution is -2.38. The quantitative estimate of drug-likeness (QED) is 0.750. The highest BCUT2D eigenvalue weighted by atomic mass is 35.5. The van der Waals surface area contributed by atoms with Crippen LogP contribution in [0.15, 0.2) is 24.3 Å². The fraction of sp³-hybridized carbons (Fsp3) is 0.429. The maximum absolute atomic E-state index is 11.9. The number of nitrogens with one attached hydrogen (secondary N) is 3. The van der Waals surface area contributed by atoms with Gasteiger partial charge in [0.1, 0.15) is 0 Å². The van der Waals surface area contributed by atoms with Gasteiger partial charge in [-0.1, -0.05) is 6.92 Å². The van der Waals surface area contributed by atoms with Gasteiger partial charge in [0.05, 0.1) is 0 Å². The number of carbonyl (C=O) groups excluding carboxylic acids is 2. The van der Waals surface area contributed by atoms with E-state index in [-0.39, 0.29) is 30.3 Å². The van der Waals surface area contributed by atoms with Crippen molar-refractivity contribution < 1.29 is 9.59 Å². The van der Waals surface area contributed by atoms with Crippen LogP contribution in [0.2, 0.25) is 0 Å². The maximum Gasteiger partial charge on any atom is 0.251 e. The van der Waals surface area contributed by atoms with Gasteiger partial charge in [0.25, 0.3) is 5.91 Å². The summed E-state index contributed by atoms with van der Waals surface area (Å²) in [5.41, 5.74) is 1.27. The fourth-order valence-corrected chi connectivity index (χ4v) is 1.68. The normalized spacial score (nSPS) is 11.2. The lowest BCUT2D eigenvalue weighted by molar-refractivity contribution is -0.114. The molecule has 1 atom stereocenters. The molecular formula is C14H22ClN3O2. The first-order valence-corrected chi connectivity index (χ1v) is 6.42. The molecule has 0 bridgehead atoms. The monoisotopic (exact) mass is 299 g/mol. The average Bonchev–Trinajstić information content (AvgIpc) is 2.36. The molecule has 3 N–H and O–H groups in total. The number of hydrogen-bond acceptors (Lipinski definition) is 3. The second-order valence-electron chi connectivity index (χ2n) is 4.43. The molecule has 0 aliphatic rings. The van der Waals surface area contributed by atoms with Gasteiger partial charge in [-0.3, -0.25) is 9.59 Å². The summed E-state index contributed by atoms with van der Waals surface area (Å²) in [5.74, 6) is -0.240. The third-order valence-electron chi connectivity index (χ3n) is 2.59. The first-order chi connectivity index (χ1) is 9.02. The van der Waals surface area contributed by atoms with E-state index >= 15 is 0 Å². The predicted octanol–water partition coefficient (Wildman–Crippen LogP) is 1.79. The zero-order valence-electron chi connectivity index (χ0n) is 12.0. The van der Waals surface area contributed by atoms with Crippen LogP contribution >= 0.6 is 12.4 Å². The van der Waals surface area contributed by atoms with E-state index in [4.69, 9.17) is 0 Å².